The summed E-state index contributed by atoms with van der Waals surface area (Å²) in [6.45, 7) is 0. The minimum Gasteiger partial charge on any atom is -0.326 e. The Hall–Kier alpha value is -2.40. The molecular formula is C14H15N3O2. The molecule has 0 atom stereocenters. The van der Waals surface area contributed by atoms with Crippen molar-refractivity contribution in [3.63, 3.8) is 0 Å². The van der Waals surface area contributed by atoms with Crippen molar-refractivity contribution in [2.75, 3.05) is 5.32 Å². The summed E-state index contributed by atoms with van der Waals surface area (Å²) >= 11 is 0. The average molecular weight is 257 g/mol. The number of hydrogen-bond donors (Lipinski definition) is 3. The van der Waals surface area contributed by atoms with E-state index in [-0.39, 0.29) is 24.7 Å². The van der Waals surface area contributed by atoms with Gasteiger partial charge in [-0.3, -0.25) is 15.0 Å². The van der Waals surface area contributed by atoms with E-state index in [2.05, 4.69) is 5.32 Å². The number of amides is 2. The lowest BCUT2D eigenvalue weighted by atomic mass is 10.1. The number of hydrazine groups is 1. The highest BCUT2D eigenvalue weighted by atomic mass is 16.2. The Morgan fingerprint density at radius 3 is 2.42 bits per heavy atom. The molecule has 2 amide bonds. The first-order valence-corrected chi connectivity index (χ1v) is 5.98. The molecule has 0 aromatic heterocycles. The lowest BCUT2D eigenvalue weighted by Gasteiger charge is -2.08. The Morgan fingerprint density at radius 2 is 1.63 bits per heavy atom. The molecule has 0 heterocycles. The van der Waals surface area contributed by atoms with Crippen molar-refractivity contribution in [2.24, 2.45) is 5.84 Å². The van der Waals surface area contributed by atoms with Gasteiger partial charge in [-0.1, -0.05) is 36.4 Å². The molecule has 0 unspecified atom stereocenters. The molecule has 0 aliphatic rings. The number of fused-ring (bicyclic) bond motifs is 1. The van der Waals surface area contributed by atoms with Gasteiger partial charge in [-0.05, 0) is 11.5 Å². The van der Waals surface area contributed by atoms with Crippen LogP contribution in [0, 0.1) is 0 Å². The third kappa shape index (κ3) is 3.29. The number of rotatable bonds is 4. The molecule has 2 rings (SSSR count). The lowest BCUT2D eigenvalue weighted by Crippen LogP contribution is -2.30. The number of nitrogens with two attached hydrogens (primary N) is 1. The molecule has 0 saturated heterocycles. The van der Waals surface area contributed by atoms with Gasteiger partial charge in [0, 0.05) is 23.9 Å². The summed E-state index contributed by atoms with van der Waals surface area (Å²) in [5.74, 6) is 4.39. The summed E-state index contributed by atoms with van der Waals surface area (Å²) in [5.41, 5.74) is 2.74. The quantitative estimate of drug-likeness (QED) is 0.441. The average Bonchev–Trinajstić information content (AvgIpc) is 2.45. The summed E-state index contributed by atoms with van der Waals surface area (Å²) in [7, 11) is 0. The van der Waals surface area contributed by atoms with Gasteiger partial charge in [0.15, 0.2) is 0 Å². The Balaban J connectivity index is 2.09. The second kappa shape index (κ2) is 5.97. The highest BCUT2D eigenvalue weighted by molar-refractivity contribution is 6.02. The Bertz CT molecular complexity index is 605. The van der Waals surface area contributed by atoms with Crippen molar-refractivity contribution >= 4 is 28.3 Å². The normalized spacial score (nSPS) is 10.2. The molecule has 0 bridgehead atoms. The molecule has 98 valence electrons. The minimum atomic E-state index is -0.354. The fourth-order valence-corrected chi connectivity index (χ4v) is 1.85. The molecule has 5 nitrogen and oxygen atoms in total. The Morgan fingerprint density at radius 1 is 0.947 bits per heavy atom. The van der Waals surface area contributed by atoms with Gasteiger partial charge in [-0.25, -0.2) is 5.84 Å². The third-order valence-corrected chi connectivity index (χ3v) is 2.80. The van der Waals surface area contributed by atoms with Crippen LogP contribution in [-0.2, 0) is 9.59 Å². The van der Waals surface area contributed by atoms with Crippen molar-refractivity contribution in [3.05, 3.63) is 42.5 Å². The first kappa shape index (κ1) is 13.0. The first-order chi connectivity index (χ1) is 9.20. The van der Waals surface area contributed by atoms with Gasteiger partial charge >= 0.3 is 0 Å². The standard InChI is InChI=1S/C14H15N3O2/c15-17-14(19)9-8-13(18)16-12-7-3-5-10-4-1-2-6-11(10)12/h1-7H,8-9,15H2,(H,16,18)(H,17,19). The number of carbonyl (C=O) groups is 2. The van der Waals surface area contributed by atoms with Crippen LogP contribution < -0.4 is 16.6 Å². The maximum absolute atomic E-state index is 11.7. The molecule has 0 aliphatic heterocycles. The van der Waals surface area contributed by atoms with E-state index in [9.17, 15) is 9.59 Å². The van der Waals surface area contributed by atoms with Gasteiger partial charge < -0.3 is 5.32 Å². The topological polar surface area (TPSA) is 84.2 Å². The van der Waals surface area contributed by atoms with Gasteiger partial charge in [-0.15, -0.1) is 0 Å². The van der Waals surface area contributed by atoms with E-state index in [0.717, 1.165) is 16.5 Å². The van der Waals surface area contributed by atoms with Crippen molar-refractivity contribution < 1.29 is 9.59 Å². The molecule has 0 spiro atoms. The van der Waals surface area contributed by atoms with Crippen molar-refractivity contribution in [1.29, 1.82) is 0 Å². The zero-order valence-electron chi connectivity index (χ0n) is 10.3. The largest absolute Gasteiger partial charge is 0.326 e. The molecule has 0 saturated carbocycles. The number of hydrogen-bond acceptors (Lipinski definition) is 3. The molecule has 2 aromatic carbocycles. The summed E-state index contributed by atoms with van der Waals surface area (Å²) in [6.07, 6.45) is 0.180. The minimum absolute atomic E-state index is 0.0765. The maximum Gasteiger partial charge on any atom is 0.234 e. The van der Waals surface area contributed by atoms with Crippen LogP contribution in [0.25, 0.3) is 10.8 Å². The molecule has 5 heteroatoms. The van der Waals surface area contributed by atoms with E-state index in [0.29, 0.717) is 0 Å². The van der Waals surface area contributed by atoms with E-state index in [1.165, 1.54) is 0 Å². The summed E-state index contributed by atoms with van der Waals surface area (Å²) in [4.78, 5) is 22.7. The summed E-state index contributed by atoms with van der Waals surface area (Å²) < 4.78 is 0. The molecule has 2 aromatic rings. The highest BCUT2D eigenvalue weighted by Crippen LogP contribution is 2.22. The SMILES string of the molecule is NNC(=O)CCC(=O)Nc1cccc2ccccc12. The van der Waals surface area contributed by atoms with E-state index in [4.69, 9.17) is 5.84 Å². The fourth-order valence-electron chi connectivity index (χ4n) is 1.85. The summed E-state index contributed by atoms with van der Waals surface area (Å²) in [5, 5.41) is 4.83. The molecule has 19 heavy (non-hydrogen) atoms. The first-order valence-electron chi connectivity index (χ1n) is 5.98. The van der Waals surface area contributed by atoms with E-state index in [1.807, 2.05) is 47.9 Å². The smallest absolute Gasteiger partial charge is 0.234 e. The predicted molar refractivity (Wildman–Crippen MR) is 74.1 cm³/mol. The second-order valence-corrected chi connectivity index (χ2v) is 4.14. The zero-order chi connectivity index (χ0) is 13.7. The van der Waals surface area contributed by atoms with Gasteiger partial charge in [0.05, 0.1) is 0 Å². The number of anilines is 1. The van der Waals surface area contributed by atoms with Crippen LogP contribution in [0.2, 0.25) is 0 Å². The van der Waals surface area contributed by atoms with E-state index >= 15 is 0 Å². The van der Waals surface area contributed by atoms with Crippen LogP contribution in [0.1, 0.15) is 12.8 Å². The van der Waals surface area contributed by atoms with Crippen molar-refractivity contribution in [2.45, 2.75) is 12.8 Å². The van der Waals surface area contributed by atoms with Crippen LogP contribution in [0.5, 0.6) is 0 Å². The lowest BCUT2D eigenvalue weighted by molar-refractivity contribution is -0.124. The Kier molecular flexibility index (Phi) is 4.10. The monoisotopic (exact) mass is 257 g/mol. The second-order valence-electron chi connectivity index (χ2n) is 4.14. The molecule has 4 N–H and O–H groups in total. The fraction of sp³-hybridized carbons (Fsp3) is 0.143. The maximum atomic E-state index is 11.7. The third-order valence-electron chi connectivity index (χ3n) is 2.80. The number of nitrogens with one attached hydrogen (secondary N) is 2. The molecule has 0 aliphatic carbocycles. The van der Waals surface area contributed by atoms with Crippen LogP contribution >= 0.6 is 0 Å². The molecular weight excluding hydrogens is 242 g/mol. The molecule has 0 radical (unpaired) electrons. The number of carbonyl (C=O) groups excluding carboxylic acids is 2. The van der Waals surface area contributed by atoms with Gasteiger partial charge in [0.1, 0.15) is 0 Å². The van der Waals surface area contributed by atoms with Gasteiger partial charge in [0.25, 0.3) is 0 Å². The molecule has 0 fully saturated rings. The number of benzene rings is 2. The zero-order valence-corrected chi connectivity index (χ0v) is 10.3. The Labute approximate surface area is 110 Å². The van der Waals surface area contributed by atoms with Crippen LogP contribution in [0.15, 0.2) is 42.5 Å². The van der Waals surface area contributed by atoms with Gasteiger partial charge in [-0.2, -0.15) is 0 Å². The van der Waals surface area contributed by atoms with Gasteiger partial charge in [0.2, 0.25) is 11.8 Å². The van der Waals surface area contributed by atoms with Crippen molar-refractivity contribution in [3.8, 4) is 0 Å². The van der Waals surface area contributed by atoms with E-state index in [1.54, 1.807) is 0 Å². The summed E-state index contributed by atoms with van der Waals surface area (Å²) in [6, 6.07) is 13.5. The predicted octanol–water partition coefficient (Wildman–Crippen LogP) is 1.55. The van der Waals surface area contributed by atoms with Crippen molar-refractivity contribution in [1.82, 2.24) is 5.43 Å². The van der Waals surface area contributed by atoms with Crippen LogP contribution in [-0.4, -0.2) is 11.8 Å². The van der Waals surface area contributed by atoms with E-state index < -0.39 is 0 Å². The highest BCUT2D eigenvalue weighted by Gasteiger charge is 2.07. The van der Waals surface area contributed by atoms with Crippen LogP contribution in [0.4, 0.5) is 5.69 Å². The van der Waals surface area contributed by atoms with Crippen LogP contribution in [0.3, 0.4) is 0 Å².